The first kappa shape index (κ1) is 16.0. The summed E-state index contributed by atoms with van der Waals surface area (Å²) < 4.78 is 66.8. The van der Waals surface area contributed by atoms with Gasteiger partial charge in [0.15, 0.2) is 23.3 Å². The molecule has 1 fully saturated rings. The molecule has 1 unspecified atom stereocenters. The summed E-state index contributed by atoms with van der Waals surface area (Å²) in [7, 11) is 0. The molecule has 1 aliphatic heterocycles. The van der Waals surface area contributed by atoms with Crippen LogP contribution in [-0.2, 0) is 0 Å². The van der Waals surface area contributed by atoms with Crippen LogP contribution in [0.25, 0.3) is 0 Å². The van der Waals surface area contributed by atoms with Crippen molar-refractivity contribution in [2.24, 2.45) is 5.92 Å². The van der Waals surface area contributed by atoms with E-state index in [1.807, 2.05) is 6.92 Å². The second kappa shape index (κ2) is 6.60. The Morgan fingerprint density at radius 3 is 2.14 bits per heavy atom. The van der Waals surface area contributed by atoms with Crippen LogP contribution in [0.4, 0.5) is 27.6 Å². The number of nitrogens with zero attached hydrogens (tertiary/aromatic N) is 1. The first-order valence-electron chi connectivity index (χ1n) is 6.94. The highest BCUT2D eigenvalue weighted by atomic mass is 19.2. The average Bonchev–Trinajstić information content (AvgIpc) is 2.92. The second-order valence-electron chi connectivity index (χ2n) is 5.22. The van der Waals surface area contributed by atoms with Gasteiger partial charge in [-0.2, -0.15) is 0 Å². The fraction of sp³-hybridized carbons (Fsp3) is 0.571. The van der Waals surface area contributed by atoms with Crippen LogP contribution in [0.5, 0.6) is 0 Å². The number of rotatable bonds is 5. The Kier molecular flexibility index (Phi) is 5.03. The van der Waals surface area contributed by atoms with Crippen molar-refractivity contribution in [2.75, 3.05) is 31.1 Å². The zero-order valence-electron chi connectivity index (χ0n) is 11.7. The van der Waals surface area contributed by atoms with Crippen molar-refractivity contribution in [2.45, 2.75) is 19.8 Å². The van der Waals surface area contributed by atoms with Crippen LogP contribution in [-0.4, -0.2) is 26.2 Å². The highest BCUT2D eigenvalue weighted by Crippen LogP contribution is 2.33. The molecule has 1 aromatic rings. The lowest BCUT2D eigenvalue weighted by atomic mass is 10.1. The topological polar surface area (TPSA) is 15.3 Å². The van der Waals surface area contributed by atoms with E-state index in [-0.39, 0.29) is 19.0 Å². The predicted molar refractivity (Wildman–Crippen MR) is 69.7 cm³/mol. The standard InChI is InChI=1S/C14H17F5N2/c1-2-4-20-6-8-3-5-21(7-8)14-12(18)10(16)9(15)11(17)13(14)19/h8,20H,2-7H2,1H3. The third-order valence-electron chi connectivity index (χ3n) is 3.65. The minimum Gasteiger partial charge on any atom is -0.366 e. The van der Waals surface area contributed by atoms with E-state index < -0.39 is 34.8 Å². The summed E-state index contributed by atoms with van der Waals surface area (Å²) in [4.78, 5) is 1.23. The number of anilines is 1. The van der Waals surface area contributed by atoms with E-state index in [0.717, 1.165) is 13.0 Å². The van der Waals surface area contributed by atoms with E-state index in [2.05, 4.69) is 5.32 Å². The number of benzene rings is 1. The van der Waals surface area contributed by atoms with Crippen LogP contribution in [0.3, 0.4) is 0 Å². The molecular formula is C14H17F5N2. The van der Waals surface area contributed by atoms with Gasteiger partial charge < -0.3 is 10.2 Å². The smallest absolute Gasteiger partial charge is 0.200 e. The molecule has 0 saturated carbocycles. The van der Waals surface area contributed by atoms with Gasteiger partial charge in [-0.05, 0) is 31.8 Å². The molecule has 21 heavy (non-hydrogen) atoms. The molecule has 1 saturated heterocycles. The number of halogens is 5. The Balaban J connectivity index is 2.17. The van der Waals surface area contributed by atoms with E-state index in [4.69, 9.17) is 0 Å². The van der Waals surface area contributed by atoms with Crippen molar-refractivity contribution >= 4 is 5.69 Å². The van der Waals surface area contributed by atoms with Gasteiger partial charge in [0.1, 0.15) is 5.69 Å². The Bertz CT molecular complexity index is 492. The molecule has 0 spiro atoms. The summed E-state index contributed by atoms with van der Waals surface area (Å²) in [5, 5.41) is 3.19. The SMILES string of the molecule is CCCNCC1CCN(c2c(F)c(F)c(F)c(F)c2F)C1. The van der Waals surface area contributed by atoms with Crippen molar-refractivity contribution in [3.63, 3.8) is 0 Å². The molecule has 1 N–H and O–H groups in total. The number of hydrogen-bond donors (Lipinski definition) is 1. The highest BCUT2D eigenvalue weighted by Gasteiger charge is 2.32. The van der Waals surface area contributed by atoms with Gasteiger partial charge in [0.2, 0.25) is 5.82 Å². The molecule has 0 amide bonds. The third-order valence-corrected chi connectivity index (χ3v) is 3.65. The lowest BCUT2D eigenvalue weighted by molar-refractivity contribution is 0.378. The van der Waals surface area contributed by atoms with Gasteiger partial charge in [0, 0.05) is 13.1 Å². The third kappa shape index (κ3) is 3.12. The summed E-state index contributed by atoms with van der Waals surface area (Å²) in [5.74, 6) is -9.28. The molecule has 1 heterocycles. The minimum atomic E-state index is -2.12. The van der Waals surface area contributed by atoms with Crippen LogP contribution >= 0.6 is 0 Å². The molecule has 0 aromatic heterocycles. The van der Waals surface area contributed by atoms with Gasteiger partial charge in [-0.15, -0.1) is 0 Å². The molecule has 2 nitrogen and oxygen atoms in total. The number of nitrogens with one attached hydrogen (secondary N) is 1. The van der Waals surface area contributed by atoms with Crippen molar-refractivity contribution in [3.8, 4) is 0 Å². The Morgan fingerprint density at radius 2 is 1.57 bits per heavy atom. The van der Waals surface area contributed by atoms with Crippen molar-refractivity contribution < 1.29 is 22.0 Å². The zero-order valence-corrected chi connectivity index (χ0v) is 11.7. The lowest BCUT2D eigenvalue weighted by Crippen LogP contribution is -2.28. The normalized spacial score (nSPS) is 18.6. The maximum Gasteiger partial charge on any atom is 0.200 e. The average molecular weight is 308 g/mol. The fourth-order valence-electron chi connectivity index (χ4n) is 2.56. The maximum atomic E-state index is 13.7. The molecular weight excluding hydrogens is 291 g/mol. The van der Waals surface area contributed by atoms with Crippen LogP contribution in [0.15, 0.2) is 0 Å². The summed E-state index contributed by atoms with van der Waals surface area (Å²) in [6.45, 7) is 4.06. The summed E-state index contributed by atoms with van der Waals surface area (Å²) in [5.41, 5.74) is -0.815. The molecule has 0 radical (unpaired) electrons. The van der Waals surface area contributed by atoms with Crippen molar-refractivity contribution in [1.29, 1.82) is 0 Å². The molecule has 118 valence electrons. The van der Waals surface area contributed by atoms with Gasteiger partial charge in [0.05, 0.1) is 0 Å². The largest absolute Gasteiger partial charge is 0.366 e. The Labute approximate surface area is 119 Å². The second-order valence-corrected chi connectivity index (χ2v) is 5.22. The van der Waals surface area contributed by atoms with Gasteiger partial charge in [-0.25, -0.2) is 22.0 Å². The van der Waals surface area contributed by atoms with Gasteiger partial charge in [-0.1, -0.05) is 6.92 Å². The first-order chi connectivity index (χ1) is 9.97. The zero-order chi connectivity index (χ0) is 15.6. The Hall–Kier alpha value is -1.37. The molecule has 0 bridgehead atoms. The Morgan fingerprint density at radius 1 is 1.00 bits per heavy atom. The number of hydrogen-bond acceptors (Lipinski definition) is 2. The molecule has 7 heteroatoms. The molecule has 1 aliphatic rings. The van der Waals surface area contributed by atoms with Gasteiger partial charge in [-0.3, -0.25) is 0 Å². The van der Waals surface area contributed by atoms with Gasteiger partial charge >= 0.3 is 0 Å². The first-order valence-corrected chi connectivity index (χ1v) is 6.94. The van der Waals surface area contributed by atoms with Crippen LogP contribution < -0.4 is 10.2 Å². The van der Waals surface area contributed by atoms with Crippen molar-refractivity contribution in [3.05, 3.63) is 29.1 Å². The van der Waals surface area contributed by atoms with E-state index >= 15 is 0 Å². The van der Waals surface area contributed by atoms with Crippen molar-refractivity contribution in [1.82, 2.24) is 5.32 Å². The summed E-state index contributed by atoms with van der Waals surface area (Å²) in [6, 6.07) is 0. The quantitative estimate of drug-likeness (QED) is 0.389. The van der Waals surface area contributed by atoms with E-state index in [1.165, 1.54) is 4.90 Å². The highest BCUT2D eigenvalue weighted by molar-refractivity contribution is 5.51. The molecule has 0 aliphatic carbocycles. The van der Waals surface area contributed by atoms with Crippen LogP contribution in [0.2, 0.25) is 0 Å². The van der Waals surface area contributed by atoms with Gasteiger partial charge in [0.25, 0.3) is 0 Å². The van der Waals surface area contributed by atoms with E-state index in [0.29, 0.717) is 13.0 Å². The monoisotopic (exact) mass is 308 g/mol. The maximum absolute atomic E-state index is 13.7. The van der Waals surface area contributed by atoms with E-state index in [9.17, 15) is 22.0 Å². The van der Waals surface area contributed by atoms with Crippen LogP contribution in [0.1, 0.15) is 19.8 Å². The fourth-order valence-corrected chi connectivity index (χ4v) is 2.56. The molecule has 2 rings (SSSR count). The summed E-state index contributed by atoms with van der Waals surface area (Å²) >= 11 is 0. The molecule has 1 atom stereocenters. The van der Waals surface area contributed by atoms with Crippen LogP contribution in [0, 0.1) is 35.0 Å². The summed E-state index contributed by atoms with van der Waals surface area (Å²) in [6.07, 6.45) is 1.62. The predicted octanol–water partition coefficient (Wildman–Crippen LogP) is 3.21. The van der Waals surface area contributed by atoms with E-state index in [1.54, 1.807) is 0 Å². The lowest BCUT2D eigenvalue weighted by Gasteiger charge is -2.21. The minimum absolute atomic E-state index is 0.131. The molecule has 1 aromatic carbocycles.